The molecule has 0 fully saturated rings. The van der Waals surface area contributed by atoms with E-state index >= 15 is 0 Å². The smallest absolute Gasteiger partial charge is 0.308 e. The molecule has 0 radical (unpaired) electrons. The minimum Gasteiger partial charge on any atom is -0.497 e. The Morgan fingerprint density at radius 1 is 1.13 bits per heavy atom. The van der Waals surface area contributed by atoms with E-state index in [1.54, 1.807) is 19.2 Å². The molecular weight excluding hydrogens is 310 g/mol. The number of rotatable bonds is 6. The molecule has 1 atom stereocenters. The summed E-state index contributed by atoms with van der Waals surface area (Å²) in [6.45, 7) is 1.37. The second-order valence-corrected chi connectivity index (χ2v) is 5.90. The molecule has 5 heteroatoms. The van der Waals surface area contributed by atoms with Crippen LogP contribution in [0.5, 0.6) is 11.5 Å². The third-order valence-electron chi connectivity index (χ3n) is 3.29. The van der Waals surface area contributed by atoms with E-state index in [0.29, 0.717) is 5.75 Å². The lowest BCUT2D eigenvalue weighted by atomic mass is 10.0. The highest BCUT2D eigenvalue weighted by molar-refractivity contribution is 8.03. The van der Waals surface area contributed by atoms with Crippen LogP contribution in [0.25, 0.3) is 0 Å². The van der Waals surface area contributed by atoms with Gasteiger partial charge < -0.3 is 9.47 Å². The van der Waals surface area contributed by atoms with E-state index in [1.165, 1.54) is 18.7 Å². The minimum absolute atomic E-state index is 0.0137. The molecule has 2 aromatic rings. The van der Waals surface area contributed by atoms with Crippen LogP contribution in [0.4, 0.5) is 0 Å². The number of carbonyl (C=O) groups is 1. The predicted octanol–water partition coefficient (Wildman–Crippen LogP) is 4.12. The van der Waals surface area contributed by atoms with Gasteiger partial charge in [-0.1, -0.05) is 24.3 Å². The van der Waals surface area contributed by atoms with Gasteiger partial charge in [-0.2, -0.15) is 5.26 Å². The lowest BCUT2D eigenvalue weighted by Gasteiger charge is -2.14. The maximum atomic E-state index is 10.9. The van der Waals surface area contributed by atoms with Gasteiger partial charge in [-0.25, -0.2) is 0 Å². The first-order chi connectivity index (χ1) is 11.1. The molecule has 0 aromatic heterocycles. The van der Waals surface area contributed by atoms with Gasteiger partial charge in [0.05, 0.1) is 7.11 Å². The Labute approximate surface area is 140 Å². The van der Waals surface area contributed by atoms with Crippen molar-refractivity contribution in [1.29, 1.82) is 5.26 Å². The normalized spacial score (nSPS) is 11.3. The average molecular weight is 327 g/mol. The zero-order valence-electron chi connectivity index (χ0n) is 13.0. The first-order valence-corrected chi connectivity index (χ1v) is 7.96. The van der Waals surface area contributed by atoms with E-state index in [0.717, 1.165) is 23.3 Å². The van der Waals surface area contributed by atoms with Crippen LogP contribution in [0.3, 0.4) is 0 Å². The van der Waals surface area contributed by atoms with Crippen LogP contribution in [0.1, 0.15) is 23.3 Å². The quantitative estimate of drug-likeness (QED) is 0.454. The second-order valence-electron chi connectivity index (χ2n) is 4.91. The van der Waals surface area contributed by atoms with Crippen molar-refractivity contribution in [1.82, 2.24) is 0 Å². The van der Waals surface area contributed by atoms with E-state index < -0.39 is 0 Å². The summed E-state index contributed by atoms with van der Waals surface area (Å²) in [5, 5.41) is 11.2. The van der Waals surface area contributed by atoms with Gasteiger partial charge in [-0.15, -0.1) is 0 Å². The number of thiocyanates is 1. The van der Waals surface area contributed by atoms with Gasteiger partial charge >= 0.3 is 5.97 Å². The van der Waals surface area contributed by atoms with E-state index in [9.17, 15) is 4.79 Å². The van der Waals surface area contributed by atoms with Crippen LogP contribution < -0.4 is 9.47 Å². The summed E-state index contributed by atoms with van der Waals surface area (Å²) in [5.41, 5.74) is 2.14. The predicted molar refractivity (Wildman–Crippen MR) is 90.4 cm³/mol. The second kappa shape index (κ2) is 8.25. The monoisotopic (exact) mass is 327 g/mol. The summed E-state index contributed by atoms with van der Waals surface area (Å²) in [5.74, 6) is 0.967. The molecule has 0 aliphatic carbocycles. The van der Waals surface area contributed by atoms with Crippen molar-refractivity contribution in [3.63, 3.8) is 0 Å². The molecule has 0 aliphatic heterocycles. The number of carbonyl (C=O) groups excluding carboxylic acids is 1. The van der Waals surface area contributed by atoms with Crippen molar-refractivity contribution in [2.45, 2.75) is 18.6 Å². The number of benzene rings is 2. The number of hydrogen-bond acceptors (Lipinski definition) is 5. The summed E-state index contributed by atoms with van der Waals surface area (Å²) < 4.78 is 10.2. The molecule has 0 N–H and O–H groups in total. The van der Waals surface area contributed by atoms with Gasteiger partial charge in [0.2, 0.25) is 0 Å². The van der Waals surface area contributed by atoms with Crippen LogP contribution in [0, 0.1) is 10.7 Å². The SMILES string of the molecule is COc1ccc(C[C@@H](SC#N)c2ccc(OC(C)=O)cc2)cc1. The topological polar surface area (TPSA) is 59.3 Å². The number of ether oxygens (including phenoxy) is 2. The standard InChI is InChI=1S/C18H17NO3S/c1-13(20)22-17-9-5-15(6-10-17)18(23-12-19)11-14-3-7-16(21-2)8-4-14/h3-10,18H,11H2,1-2H3/t18-/m1/s1. The Bertz CT molecular complexity index is 690. The van der Waals surface area contributed by atoms with Crippen molar-refractivity contribution in [2.75, 3.05) is 7.11 Å². The Kier molecular flexibility index (Phi) is 6.07. The fraction of sp³-hybridized carbons (Fsp3) is 0.222. The fourth-order valence-electron chi connectivity index (χ4n) is 2.18. The molecule has 0 unspecified atom stereocenters. The van der Waals surface area contributed by atoms with Crippen molar-refractivity contribution < 1.29 is 14.3 Å². The highest BCUT2D eigenvalue weighted by Crippen LogP contribution is 2.33. The van der Waals surface area contributed by atoms with Gasteiger partial charge in [0.15, 0.2) is 0 Å². The Morgan fingerprint density at radius 2 is 1.74 bits per heavy atom. The number of methoxy groups -OCH3 is 1. The molecule has 4 nitrogen and oxygen atoms in total. The zero-order chi connectivity index (χ0) is 16.7. The molecule has 0 aliphatic rings. The zero-order valence-corrected chi connectivity index (χ0v) is 13.8. The van der Waals surface area contributed by atoms with Gasteiger partial charge in [0, 0.05) is 12.2 Å². The van der Waals surface area contributed by atoms with Gasteiger partial charge in [0.25, 0.3) is 0 Å². The highest BCUT2D eigenvalue weighted by Gasteiger charge is 2.14. The molecule has 0 spiro atoms. The van der Waals surface area contributed by atoms with Crippen LogP contribution in [0.2, 0.25) is 0 Å². The number of nitriles is 1. The molecule has 0 amide bonds. The lowest BCUT2D eigenvalue weighted by molar-refractivity contribution is -0.131. The molecule has 2 rings (SSSR count). The van der Waals surface area contributed by atoms with Crippen molar-refractivity contribution in [2.24, 2.45) is 0 Å². The van der Waals surface area contributed by atoms with Gasteiger partial charge in [-0.05, 0) is 53.6 Å². The molecule has 0 bridgehead atoms. The summed E-state index contributed by atoms with van der Waals surface area (Å²) in [6.07, 6.45) is 0.731. The number of esters is 1. The largest absolute Gasteiger partial charge is 0.497 e. The van der Waals surface area contributed by atoms with E-state index in [2.05, 4.69) is 5.40 Å². The lowest BCUT2D eigenvalue weighted by Crippen LogP contribution is -2.02. The number of thioether (sulfide) groups is 1. The Hall–Kier alpha value is -2.45. The third-order valence-corrected chi connectivity index (χ3v) is 4.12. The van der Waals surface area contributed by atoms with Crippen molar-refractivity contribution in [3.05, 3.63) is 59.7 Å². The molecule has 0 heterocycles. The summed E-state index contributed by atoms with van der Waals surface area (Å²) in [7, 11) is 1.63. The van der Waals surface area contributed by atoms with Gasteiger partial charge in [-0.3, -0.25) is 4.79 Å². The first-order valence-electron chi connectivity index (χ1n) is 7.08. The molecular formula is C18H17NO3S. The van der Waals surface area contributed by atoms with E-state index in [4.69, 9.17) is 14.7 Å². The first kappa shape index (κ1) is 16.9. The van der Waals surface area contributed by atoms with Crippen LogP contribution in [0.15, 0.2) is 48.5 Å². The van der Waals surface area contributed by atoms with Crippen LogP contribution >= 0.6 is 11.8 Å². The third kappa shape index (κ3) is 5.04. The van der Waals surface area contributed by atoms with Crippen LogP contribution in [-0.4, -0.2) is 13.1 Å². The van der Waals surface area contributed by atoms with Crippen LogP contribution in [-0.2, 0) is 11.2 Å². The number of nitrogens with zero attached hydrogens (tertiary/aromatic N) is 1. The fourth-order valence-corrected chi connectivity index (χ4v) is 2.88. The highest BCUT2D eigenvalue weighted by atomic mass is 32.2. The van der Waals surface area contributed by atoms with Crippen molar-refractivity contribution >= 4 is 17.7 Å². The average Bonchev–Trinajstić information content (AvgIpc) is 2.55. The van der Waals surface area contributed by atoms with E-state index in [-0.39, 0.29) is 11.2 Å². The molecule has 0 saturated heterocycles. The summed E-state index contributed by atoms with van der Waals surface area (Å²) >= 11 is 1.22. The van der Waals surface area contributed by atoms with Crippen molar-refractivity contribution in [3.8, 4) is 16.9 Å². The molecule has 23 heavy (non-hydrogen) atoms. The maximum absolute atomic E-state index is 10.9. The maximum Gasteiger partial charge on any atom is 0.308 e. The Balaban J connectivity index is 2.13. The summed E-state index contributed by atoms with van der Waals surface area (Å²) in [4.78, 5) is 10.9. The Morgan fingerprint density at radius 3 is 2.26 bits per heavy atom. The van der Waals surface area contributed by atoms with Gasteiger partial charge in [0.1, 0.15) is 16.9 Å². The summed E-state index contributed by atoms with van der Waals surface area (Å²) in [6, 6.07) is 15.1. The number of hydrogen-bond donors (Lipinski definition) is 0. The molecule has 0 saturated carbocycles. The molecule has 2 aromatic carbocycles. The molecule has 118 valence electrons. The van der Waals surface area contributed by atoms with E-state index in [1.807, 2.05) is 36.4 Å². The minimum atomic E-state index is -0.348.